The van der Waals surface area contributed by atoms with Crippen LogP contribution in [0.15, 0.2) is 12.3 Å². The van der Waals surface area contributed by atoms with E-state index in [-0.39, 0.29) is 0 Å². The van der Waals surface area contributed by atoms with Gasteiger partial charge in [-0.05, 0) is 25.3 Å². The van der Waals surface area contributed by atoms with Gasteiger partial charge in [0.2, 0.25) is 29.3 Å². The SMILES string of the molecule is C=C[Si](O[Si]C)(O[Si]C)O[Si]C. The monoisotopic (exact) mass is 232 g/mol. The van der Waals surface area contributed by atoms with Crippen molar-refractivity contribution in [3.8, 4) is 0 Å². The van der Waals surface area contributed by atoms with Crippen molar-refractivity contribution in [2.45, 2.75) is 19.6 Å². The van der Waals surface area contributed by atoms with Crippen LogP contribution < -0.4 is 0 Å². The first kappa shape index (κ1) is 12.5. The van der Waals surface area contributed by atoms with Gasteiger partial charge in [0.25, 0.3) is 0 Å². The van der Waals surface area contributed by atoms with Gasteiger partial charge in [-0.15, -0.1) is 6.58 Å². The normalized spacial score (nSPS) is 11.6. The molecule has 0 fully saturated rings. The van der Waals surface area contributed by atoms with Gasteiger partial charge >= 0.3 is 8.80 Å². The van der Waals surface area contributed by atoms with Gasteiger partial charge in [-0.3, -0.25) is 0 Å². The third kappa shape index (κ3) is 3.94. The summed E-state index contributed by atoms with van der Waals surface area (Å²) in [6, 6.07) is 0. The van der Waals surface area contributed by atoms with Crippen LogP contribution in [0, 0.1) is 0 Å². The Kier molecular flexibility index (Phi) is 7.23. The topological polar surface area (TPSA) is 27.7 Å². The van der Waals surface area contributed by atoms with E-state index in [0.29, 0.717) is 29.3 Å². The molecule has 0 aromatic carbocycles. The maximum absolute atomic E-state index is 5.48. The van der Waals surface area contributed by atoms with Crippen molar-refractivity contribution in [1.82, 2.24) is 0 Å². The van der Waals surface area contributed by atoms with Gasteiger partial charge < -0.3 is 12.3 Å². The molecule has 0 N–H and O–H groups in total. The Morgan fingerprint density at radius 2 is 1.33 bits per heavy atom. The molecular weight excluding hydrogens is 220 g/mol. The molecule has 0 rings (SSSR count). The first-order chi connectivity index (χ1) is 5.74. The van der Waals surface area contributed by atoms with Crippen molar-refractivity contribution in [3.63, 3.8) is 0 Å². The highest BCUT2D eigenvalue weighted by molar-refractivity contribution is 6.77. The Morgan fingerprint density at radius 3 is 1.50 bits per heavy atom. The Morgan fingerprint density at radius 1 is 1.00 bits per heavy atom. The van der Waals surface area contributed by atoms with E-state index in [1.807, 2.05) is 19.6 Å². The molecule has 3 nitrogen and oxygen atoms in total. The van der Waals surface area contributed by atoms with Gasteiger partial charge in [0.15, 0.2) is 0 Å². The summed E-state index contributed by atoms with van der Waals surface area (Å²) < 4.78 is 16.4. The fourth-order valence-corrected chi connectivity index (χ4v) is 6.65. The summed E-state index contributed by atoms with van der Waals surface area (Å²) in [7, 11) is -1.31. The standard InChI is InChI=1S/C5H12O3Si4/c1-5-12(6-9-2,7-10-3)8-11-4/h5H,1H2,2-4H3. The molecule has 0 aliphatic heterocycles. The summed E-state index contributed by atoms with van der Waals surface area (Å²) in [4.78, 5) is 0. The Labute approximate surface area is 82.7 Å². The predicted octanol–water partition coefficient (Wildman–Crippen LogP) is 0.702. The van der Waals surface area contributed by atoms with Gasteiger partial charge in [0.1, 0.15) is 0 Å². The van der Waals surface area contributed by atoms with E-state index in [9.17, 15) is 0 Å². The average Bonchev–Trinajstić information content (AvgIpc) is 2.06. The second-order valence-electron chi connectivity index (χ2n) is 1.73. The molecular formula is C5H12O3Si4. The van der Waals surface area contributed by atoms with Crippen LogP contribution >= 0.6 is 0 Å². The lowest BCUT2D eigenvalue weighted by Gasteiger charge is -2.25. The smallest absolute Gasteiger partial charge is 0.413 e. The van der Waals surface area contributed by atoms with Crippen LogP contribution in [0.5, 0.6) is 0 Å². The molecule has 6 radical (unpaired) electrons. The van der Waals surface area contributed by atoms with Crippen molar-refractivity contribution in [3.05, 3.63) is 12.3 Å². The number of hydrogen-bond acceptors (Lipinski definition) is 3. The summed E-state index contributed by atoms with van der Waals surface area (Å²) in [5.41, 5.74) is 1.69. The van der Waals surface area contributed by atoms with E-state index in [0.717, 1.165) is 0 Å². The lowest BCUT2D eigenvalue weighted by Crippen LogP contribution is -2.46. The van der Waals surface area contributed by atoms with Crippen LogP contribution in [0.4, 0.5) is 0 Å². The summed E-state index contributed by atoms with van der Waals surface area (Å²) >= 11 is 0. The summed E-state index contributed by atoms with van der Waals surface area (Å²) in [5.74, 6) is 0. The minimum Gasteiger partial charge on any atom is -0.413 e. The lowest BCUT2D eigenvalue weighted by molar-refractivity contribution is 0.303. The quantitative estimate of drug-likeness (QED) is 0.605. The number of hydrogen-bond donors (Lipinski definition) is 0. The minimum absolute atomic E-state index is 0.385. The van der Waals surface area contributed by atoms with E-state index in [1.165, 1.54) is 0 Å². The van der Waals surface area contributed by atoms with Crippen LogP contribution in [-0.2, 0) is 12.3 Å². The minimum atomic E-state index is -2.47. The Hall–Kier alpha value is 0.488. The van der Waals surface area contributed by atoms with E-state index >= 15 is 0 Å². The molecule has 66 valence electrons. The average molecular weight is 232 g/mol. The summed E-state index contributed by atoms with van der Waals surface area (Å²) in [6.45, 7) is 9.55. The van der Waals surface area contributed by atoms with Gasteiger partial charge in [0, 0.05) is 0 Å². The highest BCUT2D eigenvalue weighted by Gasteiger charge is 2.35. The van der Waals surface area contributed by atoms with Gasteiger partial charge in [0.05, 0.1) is 0 Å². The van der Waals surface area contributed by atoms with Crippen molar-refractivity contribution >= 4 is 38.1 Å². The molecule has 0 aliphatic rings. The molecule has 0 atom stereocenters. The van der Waals surface area contributed by atoms with Crippen LogP contribution in [0.3, 0.4) is 0 Å². The summed E-state index contributed by atoms with van der Waals surface area (Å²) in [5, 5.41) is 0. The second-order valence-corrected chi connectivity index (χ2v) is 7.02. The predicted molar refractivity (Wildman–Crippen MR) is 54.1 cm³/mol. The van der Waals surface area contributed by atoms with E-state index in [2.05, 4.69) is 6.58 Å². The maximum atomic E-state index is 5.48. The molecule has 0 amide bonds. The van der Waals surface area contributed by atoms with E-state index in [1.54, 1.807) is 5.70 Å². The molecule has 0 spiro atoms. The summed E-state index contributed by atoms with van der Waals surface area (Å²) in [6.07, 6.45) is 0. The van der Waals surface area contributed by atoms with Gasteiger partial charge in [-0.2, -0.15) is 0 Å². The van der Waals surface area contributed by atoms with Crippen molar-refractivity contribution < 1.29 is 12.3 Å². The Balaban J connectivity index is 4.16. The van der Waals surface area contributed by atoms with E-state index < -0.39 is 8.80 Å². The van der Waals surface area contributed by atoms with Gasteiger partial charge in [-0.1, -0.05) is 0 Å². The molecule has 0 aliphatic carbocycles. The fourth-order valence-electron chi connectivity index (χ4n) is 0.614. The molecule has 7 heteroatoms. The third-order valence-electron chi connectivity index (χ3n) is 0.983. The lowest BCUT2D eigenvalue weighted by atomic mass is 11.3. The molecule has 0 unspecified atom stereocenters. The van der Waals surface area contributed by atoms with Crippen molar-refractivity contribution in [1.29, 1.82) is 0 Å². The molecule has 0 heterocycles. The fraction of sp³-hybridized carbons (Fsp3) is 0.600. The zero-order valence-electron chi connectivity index (χ0n) is 7.51. The van der Waals surface area contributed by atoms with Gasteiger partial charge in [-0.25, -0.2) is 0 Å². The third-order valence-corrected chi connectivity index (χ3v) is 7.35. The van der Waals surface area contributed by atoms with Crippen LogP contribution in [0.1, 0.15) is 0 Å². The molecule has 0 aromatic heterocycles. The molecule has 0 aromatic rings. The first-order valence-electron chi connectivity index (χ1n) is 3.42. The highest BCUT2D eigenvalue weighted by atomic mass is 28.5. The van der Waals surface area contributed by atoms with E-state index in [4.69, 9.17) is 12.3 Å². The molecule has 0 saturated heterocycles. The highest BCUT2D eigenvalue weighted by Crippen LogP contribution is 2.08. The molecule has 0 bridgehead atoms. The van der Waals surface area contributed by atoms with Crippen LogP contribution in [-0.4, -0.2) is 38.1 Å². The van der Waals surface area contributed by atoms with Crippen LogP contribution in [0.25, 0.3) is 0 Å². The molecule has 12 heavy (non-hydrogen) atoms. The number of rotatable bonds is 7. The maximum Gasteiger partial charge on any atom is 0.497 e. The van der Waals surface area contributed by atoms with Crippen LogP contribution in [0.2, 0.25) is 19.6 Å². The zero-order chi connectivity index (χ0) is 9.45. The Bertz CT molecular complexity index is 115. The molecule has 0 saturated carbocycles. The van der Waals surface area contributed by atoms with Crippen molar-refractivity contribution in [2.24, 2.45) is 0 Å². The van der Waals surface area contributed by atoms with Crippen molar-refractivity contribution in [2.75, 3.05) is 0 Å². The zero-order valence-corrected chi connectivity index (χ0v) is 11.5. The first-order valence-corrected chi connectivity index (χ1v) is 9.45. The largest absolute Gasteiger partial charge is 0.497 e. The second kappa shape index (κ2) is 6.95.